The third-order valence-electron chi connectivity index (χ3n) is 3.33. The number of nitrogens with one attached hydrogen (secondary N) is 1. The maximum absolute atomic E-state index is 11.8. The molecule has 1 saturated carbocycles. The molecule has 0 radical (unpaired) electrons. The summed E-state index contributed by atoms with van der Waals surface area (Å²) in [5.41, 5.74) is 0. The Hall–Kier alpha value is -0.920. The standard InChI is InChI=1S/C12H18N2O3S2/c1-8(9-2-3-9)12(15)14-7-6-10-4-5-11(18-10)19(13,16)17/h4-5,8-9H,2-3,6-7H2,1H3,(H,14,15)(H2,13,16,17). The van der Waals surface area contributed by atoms with Crippen LogP contribution >= 0.6 is 11.3 Å². The second kappa shape index (κ2) is 5.60. The van der Waals surface area contributed by atoms with Crippen LogP contribution in [0.3, 0.4) is 0 Å². The second-order valence-corrected chi connectivity index (χ2v) is 7.89. The van der Waals surface area contributed by atoms with Crippen molar-refractivity contribution in [2.24, 2.45) is 17.0 Å². The molecule has 2 rings (SSSR count). The molecule has 1 unspecified atom stereocenters. The molecule has 0 aromatic carbocycles. The normalized spacial score (nSPS) is 17.2. The van der Waals surface area contributed by atoms with Crippen LogP contribution in [0.25, 0.3) is 0 Å². The Kier molecular flexibility index (Phi) is 4.27. The fraction of sp³-hybridized carbons (Fsp3) is 0.583. The van der Waals surface area contributed by atoms with E-state index < -0.39 is 10.0 Å². The lowest BCUT2D eigenvalue weighted by atomic mass is 10.1. The van der Waals surface area contributed by atoms with E-state index in [1.54, 1.807) is 6.07 Å². The van der Waals surface area contributed by atoms with Gasteiger partial charge >= 0.3 is 0 Å². The lowest BCUT2D eigenvalue weighted by molar-refractivity contribution is -0.125. The Morgan fingerprint density at radius 1 is 1.53 bits per heavy atom. The number of sulfonamides is 1. The molecule has 1 heterocycles. The van der Waals surface area contributed by atoms with E-state index in [2.05, 4.69) is 5.32 Å². The summed E-state index contributed by atoms with van der Waals surface area (Å²) in [6, 6.07) is 3.24. The van der Waals surface area contributed by atoms with E-state index in [4.69, 9.17) is 5.14 Å². The van der Waals surface area contributed by atoms with Gasteiger partial charge in [0.15, 0.2) is 0 Å². The molecule has 1 amide bonds. The minimum Gasteiger partial charge on any atom is -0.356 e. The van der Waals surface area contributed by atoms with Gasteiger partial charge in [-0.15, -0.1) is 11.3 Å². The van der Waals surface area contributed by atoms with E-state index in [0.717, 1.165) is 29.1 Å². The van der Waals surface area contributed by atoms with Gasteiger partial charge in [-0.2, -0.15) is 0 Å². The number of thiophene rings is 1. The van der Waals surface area contributed by atoms with Gasteiger partial charge in [0.1, 0.15) is 4.21 Å². The number of nitrogens with two attached hydrogens (primary N) is 1. The number of rotatable bonds is 6. The predicted molar refractivity (Wildman–Crippen MR) is 74.3 cm³/mol. The summed E-state index contributed by atoms with van der Waals surface area (Å²) in [6.45, 7) is 2.48. The van der Waals surface area contributed by atoms with Gasteiger partial charge in [-0.3, -0.25) is 4.79 Å². The van der Waals surface area contributed by atoms with E-state index in [1.807, 2.05) is 6.92 Å². The highest BCUT2D eigenvalue weighted by Crippen LogP contribution is 2.36. The zero-order valence-electron chi connectivity index (χ0n) is 10.8. The van der Waals surface area contributed by atoms with Crippen LogP contribution in [0.2, 0.25) is 0 Å². The molecule has 0 spiro atoms. The molecule has 3 N–H and O–H groups in total. The molecule has 19 heavy (non-hydrogen) atoms. The fourth-order valence-corrected chi connectivity index (χ4v) is 3.70. The Balaban J connectivity index is 1.79. The van der Waals surface area contributed by atoms with Crippen molar-refractivity contribution in [1.82, 2.24) is 5.32 Å². The molecule has 1 aliphatic carbocycles. The molecule has 5 nitrogen and oxygen atoms in total. The predicted octanol–water partition coefficient (Wildman–Crippen LogP) is 1.10. The SMILES string of the molecule is CC(C(=O)NCCc1ccc(S(N)(=O)=O)s1)C1CC1. The van der Waals surface area contributed by atoms with Crippen LogP contribution in [-0.4, -0.2) is 20.9 Å². The van der Waals surface area contributed by atoms with Crippen LogP contribution in [0.1, 0.15) is 24.6 Å². The van der Waals surface area contributed by atoms with E-state index in [-0.39, 0.29) is 16.0 Å². The molecular formula is C12H18N2O3S2. The Labute approximate surface area is 117 Å². The van der Waals surface area contributed by atoms with Gasteiger partial charge in [-0.1, -0.05) is 6.92 Å². The van der Waals surface area contributed by atoms with Crippen LogP contribution in [0, 0.1) is 11.8 Å². The average Bonchev–Trinajstić information content (AvgIpc) is 3.06. The summed E-state index contributed by atoms with van der Waals surface area (Å²) in [5, 5.41) is 7.93. The third kappa shape index (κ3) is 4.02. The fourth-order valence-electron chi connectivity index (χ4n) is 1.93. The molecule has 1 aliphatic rings. The quantitative estimate of drug-likeness (QED) is 0.824. The van der Waals surface area contributed by atoms with E-state index in [0.29, 0.717) is 18.9 Å². The first-order valence-corrected chi connectivity index (χ1v) is 8.63. The lowest BCUT2D eigenvalue weighted by Gasteiger charge is -2.10. The van der Waals surface area contributed by atoms with Gasteiger partial charge in [-0.25, -0.2) is 13.6 Å². The first-order valence-electron chi connectivity index (χ1n) is 6.27. The monoisotopic (exact) mass is 302 g/mol. The number of amides is 1. The smallest absolute Gasteiger partial charge is 0.247 e. The van der Waals surface area contributed by atoms with Crippen LogP contribution in [0.15, 0.2) is 16.3 Å². The van der Waals surface area contributed by atoms with Crippen molar-refractivity contribution in [3.8, 4) is 0 Å². The van der Waals surface area contributed by atoms with Gasteiger partial charge < -0.3 is 5.32 Å². The van der Waals surface area contributed by atoms with Crippen molar-refractivity contribution in [3.63, 3.8) is 0 Å². The van der Waals surface area contributed by atoms with Gasteiger partial charge in [0.25, 0.3) is 0 Å². The van der Waals surface area contributed by atoms with Crippen LogP contribution in [-0.2, 0) is 21.2 Å². The Morgan fingerprint density at radius 2 is 2.21 bits per heavy atom. The maximum atomic E-state index is 11.8. The minimum absolute atomic E-state index is 0.0864. The zero-order chi connectivity index (χ0) is 14.0. The highest BCUT2D eigenvalue weighted by Gasteiger charge is 2.32. The largest absolute Gasteiger partial charge is 0.356 e. The molecule has 0 aliphatic heterocycles. The number of carbonyl (C=O) groups excluding carboxylic acids is 1. The molecule has 0 bridgehead atoms. The van der Waals surface area contributed by atoms with Crippen LogP contribution in [0.5, 0.6) is 0 Å². The lowest BCUT2D eigenvalue weighted by Crippen LogP contribution is -2.31. The van der Waals surface area contributed by atoms with Gasteiger partial charge in [0, 0.05) is 17.3 Å². The van der Waals surface area contributed by atoms with Crippen LogP contribution in [0.4, 0.5) is 0 Å². The summed E-state index contributed by atoms with van der Waals surface area (Å²) < 4.78 is 22.4. The van der Waals surface area contributed by atoms with Crippen molar-refractivity contribution in [2.45, 2.75) is 30.4 Å². The minimum atomic E-state index is -3.61. The number of hydrogen-bond donors (Lipinski definition) is 2. The van der Waals surface area contributed by atoms with Crippen molar-refractivity contribution < 1.29 is 13.2 Å². The zero-order valence-corrected chi connectivity index (χ0v) is 12.4. The van der Waals surface area contributed by atoms with Crippen molar-refractivity contribution in [1.29, 1.82) is 0 Å². The van der Waals surface area contributed by atoms with E-state index >= 15 is 0 Å². The van der Waals surface area contributed by atoms with Crippen molar-refractivity contribution in [3.05, 3.63) is 17.0 Å². The van der Waals surface area contributed by atoms with Gasteiger partial charge in [-0.05, 0) is 37.3 Å². The summed E-state index contributed by atoms with van der Waals surface area (Å²) in [5.74, 6) is 0.727. The number of primary sulfonamides is 1. The highest BCUT2D eigenvalue weighted by atomic mass is 32.2. The van der Waals surface area contributed by atoms with E-state index in [9.17, 15) is 13.2 Å². The topological polar surface area (TPSA) is 89.3 Å². The van der Waals surface area contributed by atoms with E-state index in [1.165, 1.54) is 6.07 Å². The first-order chi connectivity index (χ1) is 8.88. The summed E-state index contributed by atoms with van der Waals surface area (Å²) in [7, 11) is -3.61. The van der Waals surface area contributed by atoms with Crippen molar-refractivity contribution in [2.75, 3.05) is 6.54 Å². The molecule has 7 heteroatoms. The average molecular weight is 302 g/mol. The van der Waals surface area contributed by atoms with Gasteiger partial charge in [0.05, 0.1) is 0 Å². The molecular weight excluding hydrogens is 284 g/mol. The first kappa shape index (κ1) is 14.5. The highest BCUT2D eigenvalue weighted by molar-refractivity contribution is 7.91. The summed E-state index contributed by atoms with van der Waals surface area (Å²) in [6.07, 6.45) is 2.93. The van der Waals surface area contributed by atoms with Crippen LogP contribution < -0.4 is 10.5 Å². The molecule has 0 saturated heterocycles. The number of hydrogen-bond acceptors (Lipinski definition) is 4. The molecule has 1 aromatic heterocycles. The van der Waals surface area contributed by atoms with Gasteiger partial charge in [0.2, 0.25) is 15.9 Å². The number of carbonyl (C=O) groups is 1. The molecule has 106 valence electrons. The third-order valence-corrected chi connectivity index (χ3v) is 5.91. The molecule has 1 aromatic rings. The summed E-state index contributed by atoms with van der Waals surface area (Å²) in [4.78, 5) is 12.7. The van der Waals surface area contributed by atoms with Crippen molar-refractivity contribution >= 4 is 27.3 Å². The Bertz CT molecular complexity index is 561. The second-order valence-electron chi connectivity index (χ2n) is 4.93. The molecule has 1 atom stereocenters. The summed E-state index contributed by atoms with van der Waals surface area (Å²) >= 11 is 1.15. The maximum Gasteiger partial charge on any atom is 0.247 e. The molecule has 1 fully saturated rings. The Morgan fingerprint density at radius 3 is 2.74 bits per heavy atom.